The highest BCUT2D eigenvalue weighted by Gasteiger charge is 2.25. The van der Waals surface area contributed by atoms with E-state index in [0.717, 1.165) is 0 Å². The van der Waals surface area contributed by atoms with Gasteiger partial charge in [0.1, 0.15) is 0 Å². The Labute approximate surface area is 79.5 Å². The number of aromatic nitrogens is 1. The van der Waals surface area contributed by atoms with Crippen LogP contribution in [0.4, 0.5) is 5.69 Å². The third-order valence-electron chi connectivity index (χ3n) is 1.83. The predicted molar refractivity (Wildman–Crippen MR) is 50.6 cm³/mol. The van der Waals surface area contributed by atoms with E-state index in [1.165, 1.54) is 6.20 Å². The highest BCUT2D eigenvalue weighted by atomic mass is 32.2. The van der Waals surface area contributed by atoms with E-state index in [-0.39, 0.29) is 0 Å². The number of pyridine rings is 1. The summed E-state index contributed by atoms with van der Waals surface area (Å²) in [5.74, 6) is 0. The van der Waals surface area contributed by atoms with Crippen molar-refractivity contribution in [3.05, 3.63) is 24.0 Å². The Morgan fingerprint density at radius 1 is 1.62 bits per heavy atom. The lowest BCUT2D eigenvalue weighted by Gasteiger charge is -2.27. The van der Waals surface area contributed by atoms with Crippen LogP contribution in [0.15, 0.2) is 18.3 Å². The molecule has 5 heteroatoms. The lowest BCUT2D eigenvalue weighted by atomic mass is 10.1. The standard InChI is InChI=1S/C8H12N2O2S/c1-8(2,13(11)12)7-6(9)4-3-5-10-7/h3-5H,9H2,1-2H3,(H,11,12)/p-1. The van der Waals surface area contributed by atoms with Crippen LogP contribution in [-0.4, -0.2) is 13.7 Å². The summed E-state index contributed by atoms with van der Waals surface area (Å²) in [4.78, 5) is 3.95. The third kappa shape index (κ3) is 1.87. The summed E-state index contributed by atoms with van der Waals surface area (Å²) < 4.78 is 20.7. The number of rotatable bonds is 2. The van der Waals surface area contributed by atoms with Gasteiger partial charge in [-0.05, 0) is 37.1 Å². The Bertz CT molecular complexity index is 339. The van der Waals surface area contributed by atoms with E-state index in [4.69, 9.17) is 5.73 Å². The first-order chi connectivity index (χ1) is 5.96. The van der Waals surface area contributed by atoms with Crippen LogP contribution in [0.3, 0.4) is 0 Å². The van der Waals surface area contributed by atoms with Crippen LogP contribution in [0.25, 0.3) is 0 Å². The minimum absolute atomic E-state index is 0.392. The van der Waals surface area contributed by atoms with Gasteiger partial charge in [0, 0.05) is 6.20 Å². The smallest absolute Gasteiger partial charge is 0.0801 e. The summed E-state index contributed by atoms with van der Waals surface area (Å²) in [6, 6.07) is 3.31. The molecule has 0 spiro atoms. The van der Waals surface area contributed by atoms with E-state index in [9.17, 15) is 8.76 Å². The van der Waals surface area contributed by atoms with Gasteiger partial charge in [-0.25, -0.2) is 0 Å². The molecule has 0 amide bonds. The summed E-state index contributed by atoms with van der Waals surface area (Å²) in [5.41, 5.74) is 6.40. The first kappa shape index (κ1) is 10.1. The lowest BCUT2D eigenvalue weighted by molar-refractivity contribution is 0.497. The molecule has 0 bridgehead atoms. The predicted octanol–water partition coefficient (Wildman–Crippen LogP) is 0.778. The zero-order valence-electron chi connectivity index (χ0n) is 7.48. The van der Waals surface area contributed by atoms with E-state index in [1.54, 1.807) is 26.0 Å². The molecule has 72 valence electrons. The van der Waals surface area contributed by atoms with Gasteiger partial charge in [0.25, 0.3) is 0 Å². The molecule has 0 saturated heterocycles. The number of nitrogen functional groups attached to an aromatic ring is 1. The molecule has 2 N–H and O–H groups in total. The summed E-state index contributed by atoms with van der Waals surface area (Å²) in [7, 11) is 0. The molecule has 1 unspecified atom stereocenters. The fourth-order valence-corrected chi connectivity index (χ4v) is 1.33. The fourth-order valence-electron chi connectivity index (χ4n) is 1.000. The van der Waals surface area contributed by atoms with Gasteiger partial charge in [0.05, 0.1) is 16.1 Å². The molecule has 1 heterocycles. The highest BCUT2D eigenvalue weighted by molar-refractivity contribution is 7.80. The second-order valence-corrected chi connectivity index (χ2v) is 4.68. The van der Waals surface area contributed by atoms with Crippen LogP contribution in [0.5, 0.6) is 0 Å². The zero-order chi connectivity index (χ0) is 10.1. The van der Waals surface area contributed by atoms with Gasteiger partial charge in [-0.2, -0.15) is 0 Å². The Kier molecular flexibility index (Phi) is 2.68. The van der Waals surface area contributed by atoms with Crippen molar-refractivity contribution in [3.63, 3.8) is 0 Å². The van der Waals surface area contributed by atoms with Gasteiger partial charge in [-0.3, -0.25) is 9.19 Å². The van der Waals surface area contributed by atoms with Crippen molar-refractivity contribution in [2.75, 3.05) is 5.73 Å². The van der Waals surface area contributed by atoms with Crippen molar-refractivity contribution in [2.45, 2.75) is 18.6 Å². The molecule has 13 heavy (non-hydrogen) atoms. The van der Waals surface area contributed by atoms with Crippen LogP contribution in [-0.2, 0) is 15.8 Å². The van der Waals surface area contributed by atoms with Crippen LogP contribution < -0.4 is 5.73 Å². The number of anilines is 1. The summed E-state index contributed by atoms with van der Waals surface area (Å²) in [6.07, 6.45) is 1.53. The number of hydrogen-bond acceptors (Lipinski definition) is 4. The second-order valence-electron chi connectivity index (χ2n) is 3.19. The third-order valence-corrected chi connectivity index (χ3v) is 2.85. The van der Waals surface area contributed by atoms with Crippen molar-refractivity contribution < 1.29 is 8.76 Å². The number of nitrogens with two attached hydrogens (primary N) is 1. The molecule has 0 aromatic carbocycles. The minimum Gasteiger partial charge on any atom is -0.772 e. The normalized spacial score (nSPS) is 14.1. The Morgan fingerprint density at radius 2 is 2.23 bits per heavy atom. The monoisotopic (exact) mass is 199 g/mol. The average molecular weight is 199 g/mol. The van der Waals surface area contributed by atoms with Gasteiger partial charge in [0.15, 0.2) is 0 Å². The van der Waals surface area contributed by atoms with Crippen molar-refractivity contribution >= 4 is 16.8 Å². The molecule has 1 rings (SSSR count). The first-order valence-corrected chi connectivity index (χ1v) is 4.84. The van der Waals surface area contributed by atoms with Gasteiger partial charge < -0.3 is 10.3 Å². The Hall–Kier alpha value is -0.940. The second kappa shape index (κ2) is 3.43. The Balaban J connectivity index is 3.22. The summed E-state index contributed by atoms with van der Waals surface area (Å²) >= 11 is -2.23. The minimum atomic E-state index is -2.23. The van der Waals surface area contributed by atoms with E-state index in [1.807, 2.05) is 0 Å². The van der Waals surface area contributed by atoms with E-state index >= 15 is 0 Å². The average Bonchev–Trinajstić information content (AvgIpc) is 2.04. The van der Waals surface area contributed by atoms with E-state index in [2.05, 4.69) is 4.98 Å². The van der Waals surface area contributed by atoms with Gasteiger partial charge >= 0.3 is 0 Å². The lowest BCUT2D eigenvalue weighted by Crippen LogP contribution is -2.26. The molecule has 4 nitrogen and oxygen atoms in total. The van der Waals surface area contributed by atoms with E-state index in [0.29, 0.717) is 11.4 Å². The first-order valence-electron chi connectivity index (χ1n) is 3.76. The number of hydrogen-bond donors (Lipinski definition) is 1. The maximum atomic E-state index is 10.9. The van der Waals surface area contributed by atoms with Crippen LogP contribution in [0.1, 0.15) is 19.5 Å². The van der Waals surface area contributed by atoms with Crippen molar-refractivity contribution in [1.29, 1.82) is 0 Å². The number of nitrogens with zero attached hydrogens (tertiary/aromatic N) is 1. The molecule has 1 atom stereocenters. The SMILES string of the molecule is CC(C)(c1ncccc1N)S(=O)[O-]. The van der Waals surface area contributed by atoms with Crippen LogP contribution >= 0.6 is 0 Å². The van der Waals surface area contributed by atoms with E-state index < -0.39 is 15.8 Å². The topological polar surface area (TPSA) is 79.0 Å². The largest absolute Gasteiger partial charge is 0.772 e. The zero-order valence-corrected chi connectivity index (χ0v) is 8.30. The van der Waals surface area contributed by atoms with Gasteiger partial charge in [-0.1, -0.05) is 0 Å². The van der Waals surface area contributed by atoms with Crippen LogP contribution in [0, 0.1) is 0 Å². The summed E-state index contributed by atoms with van der Waals surface area (Å²) in [6.45, 7) is 3.13. The molecular weight excluding hydrogens is 188 g/mol. The molecule has 0 radical (unpaired) electrons. The molecule has 1 aromatic heterocycles. The molecule has 0 aliphatic heterocycles. The highest BCUT2D eigenvalue weighted by Crippen LogP contribution is 2.28. The van der Waals surface area contributed by atoms with Crippen LogP contribution in [0.2, 0.25) is 0 Å². The van der Waals surface area contributed by atoms with Gasteiger partial charge in [0.2, 0.25) is 0 Å². The molecular formula is C8H11N2O2S-. The molecule has 1 aromatic rings. The molecule has 0 aliphatic rings. The quantitative estimate of drug-likeness (QED) is 0.714. The van der Waals surface area contributed by atoms with Crippen molar-refractivity contribution in [2.24, 2.45) is 0 Å². The maximum Gasteiger partial charge on any atom is 0.0801 e. The molecule has 0 fully saturated rings. The maximum absolute atomic E-state index is 10.9. The molecule has 0 aliphatic carbocycles. The van der Waals surface area contributed by atoms with Crippen molar-refractivity contribution in [3.8, 4) is 0 Å². The Morgan fingerprint density at radius 3 is 2.69 bits per heavy atom. The van der Waals surface area contributed by atoms with Crippen molar-refractivity contribution in [1.82, 2.24) is 4.98 Å². The van der Waals surface area contributed by atoms with Gasteiger partial charge in [-0.15, -0.1) is 0 Å². The summed E-state index contributed by atoms with van der Waals surface area (Å²) in [5, 5.41) is 0. The molecule has 0 saturated carbocycles. The fraction of sp³-hybridized carbons (Fsp3) is 0.375.